The molecule has 2 heteroatoms. The Morgan fingerprint density at radius 3 is 1.27 bits per heavy atom. The number of hydrogen-bond donors (Lipinski definition) is 0. The van der Waals surface area contributed by atoms with Gasteiger partial charge in [-0.2, -0.15) is 0 Å². The zero-order chi connectivity index (χ0) is 9.33. The number of ether oxygens (including phenoxy) is 2. The van der Waals surface area contributed by atoms with Gasteiger partial charge in [-0.25, -0.2) is 0 Å². The minimum absolute atomic E-state index is 0.389. The fourth-order valence-electron chi connectivity index (χ4n) is 0.118. The lowest BCUT2D eigenvalue weighted by Crippen LogP contribution is -2.00. The molecule has 0 heterocycles. The zero-order valence-corrected chi connectivity index (χ0v) is 8.73. The summed E-state index contributed by atoms with van der Waals surface area (Å²) >= 11 is 0. The van der Waals surface area contributed by atoms with E-state index in [0.717, 1.165) is 0 Å². The molecule has 0 aliphatic carbocycles. The molecule has 0 N–H and O–H groups in total. The standard InChI is InChI=1S/C6H14.C3H8O2/c1-5-6(2,3)4;1-4-3-5-2/h5H2,1-4H3;3H2,1-2H3. The molecule has 0 aliphatic rings. The van der Waals surface area contributed by atoms with Gasteiger partial charge in [0.15, 0.2) is 0 Å². The molecule has 0 aromatic carbocycles. The largest absolute Gasteiger partial charge is 0.359 e. The van der Waals surface area contributed by atoms with E-state index in [1.165, 1.54) is 6.42 Å². The molecule has 0 aliphatic heterocycles. The van der Waals surface area contributed by atoms with Crippen molar-refractivity contribution in [2.45, 2.75) is 34.1 Å². The summed E-state index contributed by atoms with van der Waals surface area (Å²) in [5.41, 5.74) is 0.542. The topological polar surface area (TPSA) is 18.5 Å². The molecule has 0 atom stereocenters. The molecule has 0 spiro atoms. The predicted molar refractivity (Wildman–Crippen MR) is 48.6 cm³/mol. The van der Waals surface area contributed by atoms with Crippen molar-refractivity contribution in [3.63, 3.8) is 0 Å². The number of hydrogen-bond acceptors (Lipinski definition) is 2. The molecule has 0 saturated carbocycles. The van der Waals surface area contributed by atoms with Gasteiger partial charge in [0, 0.05) is 14.2 Å². The minimum atomic E-state index is 0.389. The van der Waals surface area contributed by atoms with Crippen LogP contribution in [-0.4, -0.2) is 21.0 Å². The summed E-state index contributed by atoms with van der Waals surface area (Å²) in [6.45, 7) is 9.33. The van der Waals surface area contributed by atoms with Crippen molar-refractivity contribution < 1.29 is 9.47 Å². The first-order valence-corrected chi connectivity index (χ1v) is 3.95. The first-order chi connectivity index (χ1) is 4.97. The van der Waals surface area contributed by atoms with Crippen LogP contribution < -0.4 is 0 Å². The fraction of sp³-hybridized carbons (Fsp3) is 1.00. The van der Waals surface area contributed by atoms with Crippen LogP contribution in [0.25, 0.3) is 0 Å². The Balaban J connectivity index is 0. The molecule has 0 saturated heterocycles. The van der Waals surface area contributed by atoms with Crippen LogP contribution in [0, 0.1) is 5.41 Å². The molecule has 2 nitrogen and oxygen atoms in total. The van der Waals surface area contributed by atoms with Gasteiger partial charge in [0.1, 0.15) is 6.79 Å². The summed E-state index contributed by atoms with van der Waals surface area (Å²) in [6.07, 6.45) is 1.27. The highest BCUT2D eigenvalue weighted by Gasteiger charge is 2.03. The van der Waals surface area contributed by atoms with E-state index in [-0.39, 0.29) is 0 Å². The summed E-state index contributed by atoms with van der Waals surface area (Å²) in [5, 5.41) is 0. The first kappa shape index (κ1) is 13.5. The van der Waals surface area contributed by atoms with E-state index in [0.29, 0.717) is 12.2 Å². The van der Waals surface area contributed by atoms with Gasteiger partial charge >= 0.3 is 0 Å². The third-order valence-electron chi connectivity index (χ3n) is 1.30. The Hall–Kier alpha value is -0.0800. The number of rotatable bonds is 2. The monoisotopic (exact) mass is 162 g/mol. The molecule has 70 valence electrons. The average Bonchev–Trinajstić information content (AvgIpc) is 1.90. The third kappa shape index (κ3) is 25.7. The Labute approximate surface area is 70.9 Å². The molecule has 0 bridgehead atoms. The van der Waals surface area contributed by atoms with Gasteiger partial charge in [0.25, 0.3) is 0 Å². The van der Waals surface area contributed by atoms with Gasteiger partial charge in [-0.3, -0.25) is 0 Å². The van der Waals surface area contributed by atoms with Crippen LogP contribution in [-0.2, 0) is 9.47 Å². The van der Waals surface area contributed by atoms with E-state index in [2.05, 4.69) is 37.2 Å². The Morgan fingerprint density at radius 2 is 1.27 bits per heavy atom. The van der Waals surface area contributed by atoms with Gasteiger partial charge in [-0.1, -0.05) is 34.1 Å². The van der Waals surface area contributed by atoms with Crippen molar-refractivity contribution >= 4 is 0 Å². The van der Waals surface area contributed by atoms with Crippen LogP contribution in [0.4, 0.5) is 0 Å². The molecule has 0 unspecified atom stereocenters. The summed E-state index contributed by atoms with van der Waals surface area (Å²) in [6, 6.07) is 0. The molecule has 0 radical (unpaired) electrons. The summed E-state index contributed by atoms with van der Waals surface area (Å²) in [4.78, 5) is 0. The quantitative estimate of drug-likeness (QED) is 0.581. The highest BCUT2D eigenvalue weighted by Crippen LogP contribution is 2.16. The van der Waals surface area contributed by atoms with E-state index in [1.807, 2.05) is 0 Å². The lowest BCUT2D eigenvalue weighted by molar-refractivity contribution is -0.00271. The maximum Gasteiger partial charge on any atom is 0.145 e. The third-order valence-corrected chi connectivity index (χ3v) is 1.30. The average molecular weight is 162 g/mol. The molecular formula is C9H22O2. The maximum atomic E-state index is 4.47. The molecule has 0 fully saturated rings. The van der Waals surface area contributed by atoms with Crippen molar-refractivity contribution in [2.75, 3.05) is 21.0 Å². The molecular weight excluding hydrogens is 140 g/mol. The van der Waals surface area contributed by atoms with Crippen molar-refractivity contribution in [1.82, 2.24) is 0 Å². The zero-order valence-electron chi connectivity index (χ0n) is 8.73. The number of methoxy groups -OCH3 is 2. The van der Waals surface area contributed by atoms with Crippen molar-refractivity contribution in [3.05, 3.63) is 0 Å². The van der Waals surface area contributed by atoms with Crippen LogP contribution in [0.15, 0.2) is 0 Å². The van der Waals surface area contributed by atoms with Crippen LogP contribution in [0.3, 0.4) is 0 Å². The van der Waals surface area contributed by atoms with Gasteiger partial charge in [0.05, 0.1) is 0 Å². The summed E-state index contributed by atoms with van der Waals surface area (Å²) < 4.78 is 8.94. The first-order valence-electron chi connectivity index (χ1n) is 3.95. The van der Waals surface area contributed by atoms with Crippen LogP contribution >= 0.6 is 0 Å². The molecule has 0 amide bonds. The Kier molecular flexibility index (Phi) is 9.85. The van der Waals surface area contributed by atoms with E-state index in [9.17, 15) is 0 Å². The minimum Gasteiger partial charge on any atom is -0.359 e. The lowest BCUT2D eigenvalue weighted by atomic mass is 9.94. The summed E-state index contributed by atoms with van der Waals surface area (Å²) in [7, 11) is 3.17. The predicted octanol–water partition coefficient (Wildman–Crippen LogP) is 2.68. The van der Waals surface area contributed by atoms with Crippen LogP contribution in [0.5, 0.6) is 0 Å². The smallest absolute Gasteiger partial charge is 0.145 e. The van der Waals surface area contributed by atoms with Gasteiger partial charge in [0.2, 0.25) is 0 Å². The van der Waals surface area contributed by atoms with Gasteiger partial charge in [-0.15, -0.1) is 0 Å². The van der Waals surface area contributed by atoms with Gasteiger partial charge in [-0.05, 0) is 5.41 Å². The molecule has 0 aromatic rings. The van der Waals surface area contributed by atoms with Crippen molar-refractivity contribution in [3.8, 4) is 0 Å². The van der Waals surface area contributed by atoms with E-state index in [4.69, 9.17) is 0 Å². The fourth-order valence-corrected chi connectivity index (χ4v) is 0.118. The molecule has 0 rings (SSSR count). The normalized spacial score (nSPS) is 10.4. The molecule has 11 heavy (non-hydrogen) atoms. The highest BCUT2D eigenvalue weighted by atomic mass is 16.6. The van der Waals surface area contributed by atoms with Crippen molar-refractivity contribution in [2.24, 2.45) is 5.41 Å². The van der Waals surface area contributed by atoms with Gasteiger partial charge < -0.3 is 9.47 Å². The second-order valence-electron chi connectivity index (χ2n) is 3.61. The highest BCUT2D eigenvalue weighted by molar-refractivity contribution is 4.55. The Bertz CT molecular complexity index is 62.5. The van der Waals surface area contributed by atoms with E-state index >= 15 is 0 Å². The Morgan fingerprint density at radius 1 is 1.00 bits per heavy atom. The second-order valence-corrected chi connectivity index (χ2v) is 3.61. The van der Waals surface area contributed by atoms with E-state index < -0.39 is 0 Å². The molecule has 0 aromatic heterocycles. The van der Waals surface area contributed by atoms with Crippen LogP contribution in [0.2, 0.25) is 0 Å². The van der Waals surface area contributed by atoms with Crippen LogP contribution in [0.1, 0.15) is 34.1 Å². The lowest BCUT2D eigenvalue weighted by Gasteiger charge is -2.12. The van der Waals surface area contributed by atoms with Crippen molar-refractivity contribution in [1.29, 1.82) is 0 Å². The SMILES string of the molecule is CCC(C)(C)C.COCOC. The summed E-state index contributed by atoms with van der Waals surface area (Å²) in [5.74, 6) is 0. The maximum absolute atomic E-state index is 4.47. The second kappa shape index (κ2) is 8.02. The van der Waals surface area contributed by atoms with E-state index in [1.54, 1.807) is 14.2 Å².